The zero-order valence-corrected chi connectivity index (χ0v) is 23.1. The fraction of sp³-hybridized carbons (Fsp3) is 0.125. The number of thioether (sulfide) groups is 1. The van der Waals surface area contributed by atoms with Gasteiger partial charge in [0, 0.05) is 6.54 Å². The second-order valence-corrected chi connectivity index (χ2v) is 10.1. The van der Waals surface area contributed by atoms with E-state index in [1.54, 1.807) is 4.90 Å². The van der Waals surface area contributed by atoms with E-state index < -0.39 is 4.92 Å². The summed E-state index contributed by atoms with van der Waals surface area (Å²) >= 11 is 1.19. The Hall–Kier alpha value is -4.89. The van der Waals surface area contributed by atoms with Crippen LogP contribution in [0, 0.1) is 10.1 Å². The van der Waals surface area contributed by atoms with Gasteiger partial charge in [-0.3, -0.25) is 19.8 Å². The van der Waals surface area contributed by atoms with Crippen molar-refractivity contribution in [2.24, 2.45) is 4.99 Å². The lowest BCUT2D eigenvalue weighted by Crippen LogP contribution is -2.31. The third-order valence-corrected chi connectivity index (χ3v) is 7.38. The van der Waals surface area contributed by atoms with Crippen LogP contribution in [0.1, 0.15) is 16.7 Å². The highest BCUT2D eigenvalue weighted by molar-refractivity contribution is 8.18. The number of nitro benzene ring substituents is 1. The third kappa shape index (κ3) is 6.82. The van der Waals surface area contributed by atoms with E-state index in [9.17, 15) is 14.9 Å². The third-order valence-electron chi connectivity index (χ3n) is 6.37. The molecule has 0 atom stereocenters. The van der Waals surface area contributed by atoms with Crippen LogP contribution in [-0.4, -0.2) is 34.6 Å². The van der Waals surface area contributed by atoms with Crippen LogP contribution in [0.5, 0.6) is 11.5 Å². The molecule has 1 saturated heterocycles. The molecule has 1 heterocycles. The van der Waals surface area contributed by atoms with Crippen LogP contribution in [0.2, 0.25) is 0 Å². The van der Waals surface area contributed by atoms with Crippen molar-refractivity contribution in [3.8, 4) is 11.5 Å². The minimum absolute atomic E-state index is 0.195. The maximum Gasteiger partial charge on any atom is 0.280 e. The highest BCUT2D eigenvalue weighted by Gasteiger charge is 2.34. The second-order valence-electron chi connectivity index (χ2n) is 9.13. The second kappa shape index (κ2) is 13.0. The Balaban J connectivity index is 1.47. The molecule has 1 aliphatic rings. The number of benzene rings is 4. The van der Waals surface area contributed by atoms with Crippen molar-refractivity contribution in [1.29, 1.82) is 0 Å². The molecule has 0 N–H and O–H groups in total. The van der Waals surface area contributed by atoms with Gasteiger partial charge in [-0.05, 0) is 53.6 Å². The minimum atomic E-state index is -0.489. The number of amidine groups is 1. The van der Waals surface area contributed by atoms with E-state index >= 15 is 0 Å². The average Bonchev–Trinajstić information content (AvgIpc) is 3.29. The van der Waals surface area contributed by atoms with Gasteiger partial charge in [0.25, 0.3) is 11.6 Å². The van der Waals surface area contributed by atoms with Gasteiger partial charge in [0.05, 0.1) is 34.3 Å². The molecule has 1 amide bonds. The number of carbonyl (C=O) groups excluding carboxylic acids is 1. The van der Waals surface area contributed by atoms with Gasteiger partial charge in [-0.1, -0.05) is 78.9 Å². The summed E-state index contributed by atoms with van der Waals surface area (Å²) in [5.74, 6) is 0.303. The van der Waals surface area contributed by atoms with Crippen molar-refractivity contribution in [1.82, 2.24) is 4.90 Å². The van der Waals surface area contributed by atoms with Crippen molar-refractivity contribution >= 4 is 40.3 Å². The van der Waals surface area contributed by atoms with Crippen LogP contribution < -0.4 is 9.47 Å². The van der Waals surface area contributed by atoms with Gasteiger partial charge < -0.3 is 9.47 Å². The largest absolute Gasteiger partial charge is 0.493 e. The van der Waals surface area contributed by atoms with Crippen molar-refractivity contribution in [2.75, 3.05) is 13.7 Å². The molecule has 0 aliphatic carbocycles. The number of ether oxygens (including phenoxy) is 2. The van der Waals surface area contributed by atoms with Crippen molar-refractivity contribution in [2.45, 2.75) is 13.0 Å². The molecule has 8 nitrogen and oxygen atoms in total. The van der Waals surface area contributed by atoms with E-state index in [4.69, 9.17) is 14.5 Å². The molecule has 1 fully saturated rings. The van der Waals surface area contributed by atoms with Crippen LogP contribution in [-0.2, 0) is 17.8 Å². The van der Waals surface area contributed by atoms with E-state index in [1.807, 2.05) is 91.0 Å². The Labute approximate surface area is 242 Å². The molecule has 1 aliphatic heterocycles. The van der Waals surface area contributed by atoms with Gasteiger partial charge in [0.1, 0.15) is 6.61 Å². The lowest BCUT2D eigenvalue weighted by molar-refractivity contribution is -0.385. The number of aliphatic imine (C=N–C) groups is 1. The minimum Gasteiger partial charge on any atom is -0.493 e. The Morgan fingerprint density at radius 3 is 2.17 bits per heavy atom. The molecular formula is C32H27N3O5S. The first kappa shape index (κ1) is 27.7. The quantitative estimate of drug-likeness (QED) is 0.116. The van der Waals surface area contributed by atoms with Crippen LogP contribution in [0.4, 0.5) is 11.4 Å². The van der Waals surface area contributed by atoms with Gasteiger partial charge in [-0.15, -0.1) is 0 Å². The van der Waals surface area contributed by atoms with E-state index in [1.165, 1.54) is 37.1 Å². The summed E-state index contributed by atoms with van der Waals surface area (Å²) in [6.45, 7) is 0.634. The summed E-state index contributed by atoms with van der Waals surface area (Å²) in [7, 11) is 1.47. The molecule has 0 radical (unpaired) electrons. The van der Waals surface area contributed by atoms with Crippen molar-refractivity contribution < 1.29 is 19.2 Å². The lowest BCUT2D eigenvalue weighted by atomic mass is 10.1. The number of nitro groups is 1. The molecule has 0 saturated carbocycles. The Kier molecular flexibility index (Phi) is 8.76. The fourth-order valence-electron chi connectivity index (χ4n) is 4.27. The predicted molar refractivity (Wildman–Crippen MR) is 161 cm³/mol. The summed E-state index contributed by atoms with van der Waals surface area (Å²) in [4.78, 5) is 31.9. The van der Waals surface area contributed by atoms with E-state index in [2.05, 4.69) is 0 Å². The molecule has 9 heteroatoms. The summed E-state index contributed by atoms with van der Waals surface area (Å²) in [6, 6.07) is 31.6. The summed E-state index contributed by atoms with van der Waals surface area (Å²) in [6.07, 6.45) is 2.16. The molecule has 0 aromatic heterocycles. The summed E-state index contributed by atoms with van der Waals surface area (Å²) in [5.41, 5.74) is 2.75. The van der Waals surface area contributed by atoms with E-state index in [-0.39, 0.29) is 29.5 Å². The normalized spacial score (nSPS) is 15.0. The van der Waals surface area contributed by atoms with Crippen LogP contribution >= 0.6 is 11.8 Å². The van der Waals surface area contributed by atoms with Crippen molar-refractivity contribution in [3.05, 3.63) is 135 Å². The zero-order chi connectivity index (χ0) is 28.6. The zero-order valence-electron chi connectivity index (χ0n) is 22.3. The van der Waals surface area contributed by atoms with Crippen molar-refractivity contribution in [3.63, 3.8) is 0 Å². The number of rotatable bonds is 10. The SMILES string of the molecule is COc1cc(/C=C2/SC(=Nc3ccccc3)N(CCc3ccccc3)C2=O)c([N+](=O)[O-])cc1OCc1ccccc1. The number of hydrogen-bond donors (Lipinski definition) is 0. The molecule has 0 spiro atoms. The highest BCUT2D eigenvalue weighted by atomic mass is 32.2. The molecular weight excluding hydrogens is 538 g/mol. The molecule has 0 unspecified atom stereocenters. The molecule has 4 aromatic carbocycles. The Morgan fingerprint density at radius 1 is 0.902 bits per heavy atom. The van der Waals surface area contributed by atoms with Gasteiger partial charge in [0.15, 0.2) is 16.7 Å². The fourth-order valence-corrected chi connectivity index (χ4v) is 5.29. The van der Waals surface area contributed by atoms with Gasteiger partial charge in [-0.2, -0.15) is 0 Å². The Bertz CT molecular complexity index is 1590. The number of nitrogens with zero attached hydrogens (tertiary/aromatic N) is 3. The maximum absolute atomic E-state index is 13.6. The van der Waals surface area contributed by atoms with Gasteiger partial charge in [-0.25, -0.2) is 4.99 Å². The summed E-state index contributed by atoms with van der Waals surface area (Å²) < 4.78 is 11.4. The first-order valence-electron chi connectivity index (χ1n) is 12.9. The molecule has 0 bridgehead atoms. The summed E-state index contributed by atoms with van der Waals surface area (Å²) in [5, 5.41) is 12.6. The Morgan fingerprint density at radius 2 is 1.54 bits per heavy atom. The number of hydrogen-bond acceptors (Lipinski definition) is 7. The topological polar surface area (TPSA) is 94.3 Å². The molecule has 41 heavy (non-hydrogen) atoms. The standard InChI is InChI=1S/C32H27N3O5S/c1-39-28-19-25(27(35(37)38)21-29(28)40-22-24-13-7-3-8-14-24)20-30-31(36)34(18-17-23-11-5-2-6-12-23)32(41-30)33-26-15-9-4-10-16-26/h2-16,19-21H,17-18,22H2,1H3/b30-20+,33-32?. The number of methoxy groups -OCH3 is 1. The maximum atomic E-state index is 13.6. The molecule has 5 rings (SSSR count). The monoisotopic (exact) mass is 565 g/mol. The highest BCUT2D eigenvalue weighted by Crippen LogP contribution is 2.40. The average molecular weight is 566 g/mol. The first-order chi connectivity index (χ1) is 20.0. The molecule has 4 aromatic rings. The van der Waals surface area contributed by atoms with E-state index in [0.717, 1.165) is 11.1 Å². The number of carbonyl (C=O) groups is 1. The van der Waals surface area contributed by atoms with E-state index in [0.29, 0.717) is 34.5 Å². The predicted octanol–water partition coefficient (Wildman–Crippen LogP) is 7.03. The molecule has 206 valence electrons. The lowest BCUT2D eigenvalue weighted by Gasteiger charge is -2.15. The van der Waals surface area contributed by atoms with Crippen LogP contribution in [0.3, 0.4) is 0 Å². The number of amides is 1. The smallest absolute Gasteiger partial charge is 0.280 e. The van der Waals surface area contributed by atoms with Crippen LogP contribution in [0.25, 0.3) is 6.08 Å². The van der Waals surface area contributed by atoms with Gasteiger partial charge in [0.2, 0.25) is 0 Å². The first-order valence-corrected chi connectivity index (χ1v) is 13.8. The van der Waals surface area contributed by atoms with Gasteiger partial charge >= 0.3 is 0 Å². The number of para-hydroxylation sites is 1. The van der Waals surface area contributed by atoms with Crippen LogP contribution in [0.15, 0.2) is 113 Å².